The standard InChI is InChI=1S/C19H21N3O2/c1-13(17-9-4-5-10-18(17)24-3)21-14(2)19(23)22-16-8-6-7-15(11-16)12-20/h4-11,13-14,21H,1-3H3,(H,22,23)/p+1/t13-,14-/m0/s1. The molecule has 3 N–H and O–H groups in total. The van der Waals surface area contributed by atoms with Gasteiger partial charge in [-0.25, -0.2) is 0 Å². The number of carbonyl (C=O) groups excluding carboxylic acids is 1. The molecule has 0 aliphatic carbocycles. The average molecular weight is 324 g/mol. The molecule has 1 amide bonds. The number of hydrogen-bond acceptors (Lipinski definition) is 3. The largest absolute Gasteiger partial charge is 0.496 e. The number of hydrogen-bond donors (Lipinski definition) is 2. The number of nitrogens with one attached hydrogen (secondary N) is 1. The lowest BCUT2D eigenvalue weighted by atomic mass is 10.1. The summed E-state index contributed by atoms with van der Waals surface area (Å²) in [5.41, 5.74) is 2.20. The number of methoxy groups -OCH3 is 1. The molecule has 0 unspecified atom stereocenters. The topological polar surface area (TPSA) is 78.7 Å². The fourth-order valence-electron chi connectivity index (χ4n) is 2.59. The summed E-state index contributed by atoms with van der Waals surface area (Å²) < 4.78 is 5.38. The SMILES string of the molecule is COc1ccccc1[C@H](C)[NH2+][C@@H](C)C(=O)Nc1cccc(C#N)c1. The highest BCUT2D eigenvalue weighted by Crippen LogP contribution is 2.22. The smallest absolute Gasteiger partial charge is 0.282 e. The Hall–Kier alpha value is -2.84. The van der Waals surface area contributed by atoms with E-state index in [4.69, 9.17) is 10.00 Å². The van der Waals surface area contributed by atoms with E-state index in [1.807, 2.05) is 43.4 Å². The maximum absolute atomic E-state index is 12.4. The maximum atomic E-state index is 12.4. The number of rotatable bonds is 6. The molecule has 0 radical (unpaired) electrons. The number of nitrogens with two attached hydrogens (primary N) is 1. The summed E-state index contributed by atoms with van der Waals surface area (Å²) in [7, 11) is 1.64. The normalized spacial score (nSPS) is 12.8. The Labute approximate surface area is 142 Å². The van der Waals surface area contributed by atoms with Crippen LogP contribution in [0.1, 0.15) is 31.0 Å². The molecule has 5 nitrogen and oxygen atoms in total. The molecule has 2 aromatic rings. The zero-order chi connectivity index (χ0) is 17.5. The molecular formula is C19H22N3O2+. The van der Waals surface area contributed by atoms with Gasteiger partial charge in [0, 0.05) is 5.69 Å². The summed E-state index contributed by atoms with van der Waals surface area (Å²) in [6, 6.07) is 16.5. The van der Waals surface area contributed by atoms with Gasteiger partial charge in [0.25, 0.3) is 5.91 Å². The van der Waals surface area contributed by atoms with E-state index in [1.165, 1.54) is 0 Å². The van der Waals surface area contributed by atoms with Crippen molar-refractivity contribution >= 4 is 11.6 Å². The Balaban J connectivity index is 2.01. The van der Waals surface area contributed by atoms with Crippen molar-refractivity contribution in [3.63, 3.8) is 0 Å². The molecule has 2 atom stereocenters. The number of quaternary nitrogens is 1. The number of carbonyl (C=O) groups is 1. The molecule has 24 heavy (non-hydrogen) atoms. The van der Waals surface area contributed by atoms with Crippen molar-refractivity contribution in [2.24, 2.45) is 0 Å². The number of amides is 1. The van der Waals surface area contributed by atoms with Crippen LogP contribution in [0, 0.1) is 11.3 Å². The molecule has 0 spiro atoms. The summed E-state index contributed by atoms with van der Waals surface area (Å²) in [5.74, 6) is 0.711. The second-order valence-electron chi connectivity index (χ2n) is 5.69. The summed E-state index contributed by atoms with van der Waals surface area (Å²) >= 11 is 0. The molecule has 0 saturated heterocycles. The molecule has 2 rings (SSSR count). The van der Waals surface area contributed by atoms with Gasteiger partial charge in [-0.05, 0) is 44.2 Å². The summed E-state index contributed by atoms with van der Waals surface area (Å²) in [5, 5.41) is 13.8. The Morgan fingerprint density at radius 3 is 2.67 bits per heavy atom. The van der Waals surface area contributed by atoms with E-state index in [1.54, 1.807) is 31.4 Å². The number of nitriles is 1. The van der Waals surface area contributed by atoms with Gasteiger partial charge in [-0.3, -0.25) is 4.79 Å². The molecule has 5 heteroatoms. The van der Waals surface area contributed by atoms with Gasteiger partial charge in [0.15, 0.2) is 6.04 Å². The summed E-state index contributed by atoms with van der Waals surface area (Å²) in [6.45, 7) is 3.90. The van der Waals surface area contributed by atoms with Crippen LogP contribution in [0.2, 0.25) is 0 Å². The Bertz CT molecular complexity index is 752. The molecule has 0 aromatic heterocycles. The van der Waals surface area contributed by atoms with Gasteiger partial charge in [-0.2, -0.15) is 5.26 Å². The van der Waals surface area contributed by atoms with Crippen LogP contribution >= 0.6 is 0 Å². The molecule has 0 heterocycles. The van der Waals surface area contributed by atoms with Gasteiger partial charge in [0.05, 0.1) is 24.3 Å². The third kappa shape index (κ3) is 4.34. The monoisotopic (exact) mass is 324 g/mol. The second-order valence-corrected chi connectivity index (χ2v) is 5.69. The van der Waals surface area contributed by atoms with Gasteiger partial charge >= 0.3 is 0 Å². The van der Waals surface area contributed by atoms with Crippen LogP contribution in [-0.2, 0) is 4.79 Å². The quantitative estimate of drug-likeness (QED) is 0.855. The van der Waals surface area contributed by atoms with E-state index < -0.39 is 0 Å². The number of ether oxygens (including phenoxy) is 1. The number of nitrogens with zero attached hydrogens (tertiary/aromatic N) is 1. The number of anilines is 1. The van der Waals surface area contributed by atoms with Gasteiger partial charge in [-0.15, -0.1) is 0 Å². The predicted octanol–water partition coefficient (Wildman–Crippen LogP) is 2.22. The van der Waals surface area contributed by atoms with Crippen molar-refractivity contribution in [1.29, 1.82) is 5.26 Å². The van der Waals surface area contributed by atoms with Crippen LogP contribution < -0.4 is 15.4 Å². The molecule has 0 aliphatic heterocycles. The first kappa shape index (κ1) is 17.5. The number of benzene rings is 2. The third-order valence-electron chi connectivity index (χ3n) is 3.88. The highest BCUT2D eigenvalue weighted by Gasteiger charge is 2.22. The minimum absolute atomic E-state index is 0.0762. The first-order valence-electron chi connectivity index (χ1n) is 7.84. The molecule has 0 fully saturated rings. The highest BCUT2D eigenvalue weighted by molar-refractivity contribution is 5.93. The van der Waals surface area contributed by atoms with Gasteiger partial charge < -0.3 is 15.4 Å². The lowest BCUT2D eigenvalue weighted by Crippen LogP contribution is -2.91. The Morgan fingerprint density at radius 2 is 1.96 bits per heavy atom. The van der Waals surface area contributed by atoms with Crippen LogP contribution in [0.4, 0.5) is 5.69 Å². The van der Waals surface area contributed by atoms with Crippen molar-refractivity contribution in [3.8, 4) is 11.8 Å². The van der Waals surface area contributed by atoms with E-state index in [0.29, 0.717) is 11.3 Å². The fourth-order valence-corrected chi connectivity index (χ4v) is 2.59. The van der Waals surface area contributed by atoms with Gasteiger partial charge in [0.1, 0.15) is 11.8 Å². The lowest BCUT2D eigenvalue weighted by molar-refractivity contribution is -0.709. The molecular weight excluding hydrogens is 302 g/mol. The Morgan fingerprint density at radius 1 is 1.21 bits per heavy atom. The molecule has 0 saturated carbocycles. The van der Waals surface area contributed by atoms with Crippen molar-refractivity contribution in [2.75, 3.05) is 12.4 Å². The van der Waals surface area contributed by atoms with E-state index in [0.717, 1.165) is 11.3 Å². The van der Waals surface area contributed by atoms with Crippen molar-refractivity contribution in [1.82, 2.24) is 0 Å². The first-order valence-corrected chi connectivity index (χ1v) is 7.84. The average Bonchev–Trinajstić information content (AvgIpc) is 2.61. The van der Waals surface area contributed by atoms with Gasteiger partial charge in [-0.1, -0.05) is 18.2 Å². The van der Waals surface area contributed by atoms with Crippen LogP contribution in [0.3, 0.4) is 0 Å². The molecule has 2 aromatic carbocycles. The van der Waals surface area contributed by atoms with Crippen LogP contribution in [-0.4, -0.2) is 19.1 Å². The zero-order valence-corrected chi connectivity index (χ0v) is 14.1. The van der Waals surface area contributed by atoms with Crippen molar-refractivity contribution < 1.29 is 14.8 Å². The van der Waals surface area contributed by atoms with Crippen LogP contribution in [0.5, 0.6) is 5.75 Å². The van der Waals surface area contributed by atoms with Crippen LogP contribution in [0.25, 0.3) is 0 Å². The van der Waals surface area contributed by atoms with Crippen molar-refractivity contribution in [3.05, 3.63) is 59.7 Å². The highest BCUT2D eigenvalue weighted by atomic mass is 16.5. The first-order chi connectivity index (χ1) is 11.5. The molecule has 0 bridgehead atoms. The number of para-hydroxylation sites is 1. The Kier molecular flexibility index (Phi) is 5.94. The van der Waals surface area contributed by atoms with E-state index in [2.05, 4.69) is 11.4 Å². The lowest BCUT2D eigenvalue weighted by Gasteiger charge is -2.18. The summed E-state index contributed by atoms with van der Waals surface area (Å²) in [6.07, 6.45) is 0. The van der Waals surface area contributed by atoms with E-state index >= 15 is 0 Å². The van der Waals surface area contributed by atoms with Crippen LogP contribution in [0.15, 0.2) is 48.5 Å². The van der Waals surface area contributed by atoms with E-state index in [-0.39, 0.29) is 18.0 Å². The maximum Gasteiger partial charge on any atom is 0.282 e. The second kappa shape index (κ2) is 8.14. The fraction of sp³-hybridized carbons (Fsp3) is 0.263. The minimum atomic E-state index is -0.282. The molecule has 124 valence electrons. The third-order valence-corrected chi connectivity index (χ3v) is 3.88. The van der Waals surface area contributed by atoms with Gasteiger partial charge in [0.2, 0.25) is 0 Å². The summed E-state index contributed by atoms with van der Waals surface area (Å²) in [4.78, 5) is 12.4. The zero-order valence-electron chi connectivity index (χ0n) is 14.1. The van der Waals surface area contributed by atoms with Crippen molar-refractivity contribution in [2.45, 2.75) is 25.9 Å². The van der Waals surface area contributed by atoms with E-state index in [9.17, 15) is 4.79 Å². The molecule has 0 aliphatic rings. The minimum Gasteiger partial charge on any atom is -0.496 e. The predicted molar refractivity (Wildman–Crippen MR) is 92.6 cm³/mol.